The number of nitrogens with zero attached hydrogens (tertiary/aromatic N) is 2. The molecule has 1 rings (SSSR count). The van der Waals surface area contributed by atoms with Crippen molar-refractivity contribution in [2.24, 2.45) is 0 Å². The molecule has 0 atom stereocenters. The second kappa shape index (κ2) is 3.92. The molecule has 0 fully saturated rings. The minimum Gasteiger partial charge on any atom is -0.192 e. The number of allylic oxidation sites excluding steroid dienone is 1. The third kappa shape index (κ3) is 2.10. The molecule has 0 unspecified atom stereocenters. The predicted molar refractivity (Wildman–Crippen MR) is 48.5 cm³/mol. The van der Waals surface area contributed by atoms with Crippen LogP contribution in [0.15, 0.2) is 17.0 Å². The van der Waals surface area contributed by atoms with E-state index >= 15 is 0 Å². The summed E-state index contributed by atoms with van der Waals surface area (Å²) < 4.78 is 0. The van der Waals surface area contributed by atoms with Gasteiger partial charge in [0.2, 0.25) is 0 Å². The number of nitriles is 2. The highest BCUT2D eigenvalue weighted by Gasteiger charge is 1.96. The molecule has 1 heterocycles. The van der Waals surface area contributed by atoms with E-state index in [2.05, 4.69) is 0 Å². The lowest BCUT2D eigenvalue weighted by Crippen LogP contribution is -1.68. The summed E-state index contributed by atoms with van der Waals surface area (Å²) in [7, 11) is 0. The molecule has 1 aromatic rings. The maximum absolute atomic E-state index is 8.42. The number of rotatable bonds is 1. The van der Waals surface area contributed by atoms with E-state index in [1.54, 1.807) is 23.6 Å². The second-order valence-electron chi connectivity index (χ2n) is 1.95. The van der Waals surface area contributed by atoms with Crippen LogP contribution in [-0.2, 0) is 0 Å². The van der Waals surface area contributed by atoms with Gasteiger partial charge in [0.1, 0.15) is 17.7 Å². The zero-order valence-electron chi connectivity index (χ0n) is 5.91. The molecule has 2 nitrogen and oxygen atoms in total. The fourth-order valence-electron chi connectivity index (χ4n) is 0.636. The Bertz CT molecular complexity index is 376. The molecule has 0 bridgehead atoms. The van der Waals surface area contributed by atoms with Crippen molar-refractivity contribution >= 4 is 29.0 Å². The topological polar surface area (TPSA) is 47.6 Å². The van der Waals surface area contributed by atoms with E-state index in [0.29, 0.717) is 5.02 Å². The highest BCUT2D eigenvalue weighted by atomic mass is 35.5. The van der Waals surface area contributed by atoms with Crippen LogP contribution in [0.2, 0.25) is 5.02 Å². The molecule has 0 aliphatic carbocycles. The van der Waals surface area contributed by atoms with Gasteiger partial charge in [-0.05, 0) is 12.1 Å². The zero-order valence-corrected chi connectivity index (χ0v) is 7.49. The van der Waals surface area contributed by atoms with Crippen molar-refractivity contribution in [3.05, 3.63) is 26.9 Å². The van der Waals surface area contributed by atoms with Crippen LogP contribution in [0.3, 0.4) is 0 Å². The van der Waals surface area contributed by atoms with Gasteiger partial charge in [-0.1, -0.05) is 11.6 Å². The third-order valence-electron chi connectivity index (χ3n) is 1.12. The Morgan fingerprint density at radius 1 is 1.50 bits per heavy atom. The quantitative estimate of drug-likeness (QED) is 0.646. The summed E-state index contributed by atoms with van der Waals surface area (Å²) in [5.41, 5.74) is 0.0912. The van der Waals surface area contributed by atoms with Crippen molar-refractivity contribution in [3.8, 4) is 12.1 Å². The fraction of sp³-hybridized carbons (Fsp3) is 0. The number of thiophene rings is 1. The van der Waals surface area contributed by atoms with Gasteiger partial charge in [-0.15, -0.1) is 11.3 Å². The Labute approximate surface area is 78.9 Å². The summed E-state index contributed by atoms with van der Waals surface area (Å²) in [5.74, 6) is 0. The maximum Gasteiger partial charge on any atom is 0.131 e. The van der Waals surface area contributed by atoms with Gasteiger partial charge in [0.05, 0.1) is 5.02 Å². The van der Waals surface area contributed by atoms with E-state index < -0.39 is 0 Å². The van der Waals surface area contributed by atoms with Gasteiger partial charge in [0.25, 0.3) is 0 Å². The van der Waals surface area contributed by atoms with Crippen LogP contribution in [0.4, 0.5) is 0 Å². The number of hydrogen-bond donors (Lipinski definition) is 0. The molecule has 0 radical (unpaired) electrons. The van der Waals surface area contributed by atoms with Gasteiger partial charge in [0, 0.05) is 10.3 Å². The van der Waals surface area contributed by atoms with E-state index in [9.17, 15) is 0 Å². The largest absolute Gasteiger partial charge is 0.192 e. The zero-order chi connectivity index (χ0) is 8.97. The molecule has 0 saturated carbocycles. The van der Waals surface area contributed by atoms with Gasteiger partial charge in [0.15, 0.2) is 0 Å². The summed E-state index contributed by atoms with van der Waals surface area (Å²) in [4.78, 5) is 0.818. The molecule has 12 heavy (non-hydrogen) atoms. The molecular formula is C8H3ClN2S. The van der Waals surface area contributed by atoms with E-state index in [-0.39, 0.29) is 5.57 Å². The van der Waals surface area contributed by atoms with E-state index in [1.165, 1.54) is 17.4 Å². The monoisotopic (exact) mass is 194 g/mol. The molecule has 0 amide bonds. The summed E-state index contributed by atoms with van der Waals surface area (Å²) in [5, 5.41) is 19.2. The van der Waals surface area contributed by atoms with Gasteiger partial charge >= 0.3 is 0 Å². The first-order chi connectivity index (χ1) is 5.76. The SMILES string of the molecule is N#CC(C#N)=Cc1cc(Cl)cs1. The maximum atomic E-state index is 8.42. The molecule has 0 saturated heterocycles. The van der Waals surface area contributed by atoms with Crippen LogP contribution in [-0.4, -0.2) is 0 Å². The molecule has 1 aromatic heterocycles. The van der Waals surface area contributed by atoms with Crippen molar-refractivity contribution in [3.63, 3.8) is 0 Å². The van der Waals surface area contributed by atoms with E-state index in [1.807, 2.05) is 0 Å². The fourth-order valence-corrected chi connectivity index (χ4v) is 1.65. The van der Waals surface area contributed by atoms with Crippen molar-refractivity contribution in [2.45, 2.75) is 0 Å². The summed E-state index contributed by atoms with van der Waals surface area (Å²) in [6, 6.07) is 5.26. The van der Waals surface area contributed by atoms with Crippen LogP contribution in [0, 0.1) is 22.7 Å². The molecule has 0 N–H and O–H groups in total. The third-order valence-corrected chi connectivity index (χ3v) is 2.34. The summed E-state index contributed by atoms with van der Waals surface area (Å²) in [6.07, 6.45) is 1.51. The lowest BCUT2D eigenvalue weighted by Gasteiger charge is -1.80. The lowest BCUT2D eigenvalue weighted by atomic mass is 10.3. The van der Waals surface area contributed by atoms with Gasteiger partial charge in [-0.2, -0.15) is 10.5 Å². The van der Waals surface area contributed by atoms with Gasteiger partial charge < -0.3 is 0 Å². The van der Waals surface area contributed by atoms with Crippen LogP contribution in [0.5, 0.6) is 0 Å². The number of hydrogen-bond acceptors (Lipinski definition) is 3. The van der Waals surface area contributed by atoms with Crippen LogP contribution in [0.25, 0.3) is 6.08 Å². The van der Waals surface area contributed by atoms with Crippen LogP contribution >= 0.6 is 22.9 Å². The molecular weight excluding hydrogens is 192 g/mol. The second-order valence-corrected chi connectivity index (χ2v) is 3.33. The minimum absolute atomic E-state index is 0.0912. The molecule has 0 aromatic carbocycles. The Balaban J connectivity index is 2.97. The van der Waals surface area contributed by atoms with Gasteiger partial charge in [-0.3, -0.25) is 0 Å². The molecule has 58 valence electrons. The smallest absolute Gasteiger partial charge is 0.131 e. The van der Waals surface area contributed by atoms with Crippen molar-refractivity contribution < 1.29 is 0 Å². The van der Waals surface area contributed by atoms with Gasteiger partial charge in [-0.25, -0.2) is 0 Å². The van der Waals surface area contributed by atoms with Crippen LogP contribution < -0.4 is 0 Å². The summed E-state index contributed by atoms with van der Waals surface area (Å²) in [6.45, 7) is 0. The Kier molecular flexibility index (Phi) is 2.88. The first kappa shape index (κ1) is 8.80. The minimum atomic E-state index is 0.0912. The molecule has 0 spiro atoms. The van der Waals surface area contributed by atoms with Crippen molar-refractivity contribution in [1.29, 1.82) is 10.5 Å². The molecule has 4 heteroatoms. The first-order valence-electron chi connectivity index (χ1n) is 3.02. The predicted octanol–water partition coefficient (Wildman–Crippen LogP) is 2.83. The Morgan fingerprint density at radius 2 is 2.17 bits per heavy atom. The van der Waals surface area contributed by atoms with Crippen LogP contribution in [0.1, 0.15) is 4.88 Å². The average Bonchev–Trinajstić information content (AvgIpc) is 2.47. The molecule has 0 aliphatic heterocycles. The van der Waals surface area contributed by atoms with E-state index in [0.717, 1.165) is 4.88 Å². The normalized spacial score (nSPS) is 8.25. The van der Waals surface area contributed by atoms with Crippen molar-refractivity contribution in [2.75, 3.05) is 0 Å². The van der Waals surface area contributed by atoms with E-state index in [4.69, 9.17) is 22.1 Å². The highest BCUT2D eigenvalue weighted by Crippen LogP contribution is 2.21. The first-order valence-corrected chi connectivity index (χ1v) is 4.28. The number of halogens is 1. The van der Waals surface area contributed by atoms with Crippen molar-refractivity contribution in [1.82, 2.24) is 0 Å². The average molecular weight is 195 g/mol. The lowest BCUT2D eigenvalue weighted by molar-refractivity contribution is 1.47. The Hall–Kier alpha value is -1.29. The molecule has 0 aliphatic rings. The summed E-state index contributed by atoms with van der Waals surface area (Å²) >= 11 is 7.04. The Morgan fingerprint density at radius 3 is 2.58 bits per heavy atom. The highest BCUT2D eigenvalue weighted by molar-refractivity contribution is 7.11. The standard InChI is InChI=1S/C8H3ClN2S/c9-7-2-8(12-5-7)1-6(3-10)4-11/h1-2,5H.